The van der Waals surface area contributed by atoms with Gasteiger partial charge in [0.2, 0.25) is 0 Å². The zero-order valence-corrected chi connectivity index (χ0v) is 22.3. The second-order valence-corrected chi connectivity index (χ2v) is 10.4. The molecule has 7 aromatic rings. The van der Waals surface area contributed by atoms with Crippen molar-refractivity contribution in [1.29, 1.82) is 0 Å². The van der Waals surface area contributed by atoms with Gasteiger partial charge >= 0.3 is 0 Å². The van der Waals surface area contributed by atoms with Crippen molar-refractivity contribution in [2.45, 2.75) is 12.8 Å². The molecule has 0 radical (unpaired) electrons. The zero-order valence-electron chi connectivity index (χ0n) is 22.3. The molecule has 0 aliphatic heterocycles. The highest BCUT2D eigenvalue weighted by Gasteiger charge is 2.18. The first-order valence-corrected chi connectivity index (χ1v) is 13.9. The van der Waals surface area contributed by atoms with Crippen LogP contribution in [0.25, 0.3) is 72.2 Å². The molecule has 0 unspecified atom stereocenters. The summed E-state index contributed by atoms with van der Waals surface area (Å²) in [5.41, 5.74) is 6.92. The van der Waals surface area contributed by atoms with Crippen LogP contribution in [-0.4, -0.2) is 15.0 Å². The lowest BCUT2D eigenvalue weighted by Crippen LogP contribution is -2.03. The van der Waals surface area contributed by atoms with Crippen molar-refractivity contribution in [2.24, 2.45) is 0 Å². The third-order valence-corrected chi connectivity index (χ3v) is 7.76. The van der Waals surface area contributed by atoms with Crippen molar-refractivity contribution in [1.82, 2.24) is 15.0 Å². The molecule has 4 heteroatoms. The van der Waals surface area contributed by atoms with Crippen LogP contribution >= 0.6 is 0 Å². The molecule has 0 N–H and O–H groups in total. The highest BCUT2D eigenvalue weighted by molar-refractivity contribution is 6.11. The van der Waals surface area contributed by atoms with Crippen LogP contribution in [0.15, 0.2) is 132 Å². The predicted molar refractivity (Wildman–Crippen MR) is 167 cm³/mol. The molecule has 0 atom stereocenters. The van der Waals surface area contributed by atoms with Gasteiger partial charge < -0.3 is 4.42 Å². The van der Waals surface area contributed by atoms with E-state index >= 15 is 0 Å². The maximum absolute atomic E-state index is 6.16. The van der Waals surface area contributed by atoms with E-state index in [1.165, 1.54) is 16.3 Å². The Morgan fingerprint density at radius 2 is 1.27 bits per heavy atom. The van der Waals surface area contributed by atoms with Crippen LogP contribution in [0, 0.1) is 0 Å². The fourth-order valence-corrected chi connectivity index (χ4v) is 5.68. The Morgan fingerprint density at radius 1 is 0.537 bits per heavy atom. The van der Waals surface area contributed by atoms with Gasteiger partial charge in [0.25, 0.3) is 0 Å². The number of nitrogens with zero attached hydrogens (tertiary/aromatic N) is 3. The number of para-hydroxylation sites is 1. The van der Waals surface area contributed by atoms with Crippen molar-refractivity contribution in [3.05, 3.63) is 133 Å². The number of hydrogen-bond donors (Lipinski definition) is 0. The Kier molecular flexibility index (Phi) is 5.56. The van der Waals surface area contributed by atoms with Crippen LogP contribution in [-0.2, 0) is 0 Å². The maximum Gasteiger partial charge on any atom is 0.164 e. The molecule has 0 spiro atoms. The van der Waals surface area contributed by atoms with E-state index in [1.807, 2.05) is 30.3 Å². The topological polar surface area (TPSA) is 51.8 Å². The Morgan fingerprint density at radius 3 is 2.15 bits per heavy atom. The van der Waals surface area contributed by atoms with Crippen molar-refractivity contribution in [2.75, 3.05) is 0 Å². The fraction of sp³-hybridized carbons (Fsp3) is 0.0541. The molecule has 194 valence electrons. The standard InChI is InChI=1S/C37H25N3O/c1-2-10-26(11-3-1)35-38-36(27-20-17-25(18-21-27)29-22-19-24-9-4-5-12-28(24)23-29)40-37(39-35)31-14-8-16-33-34(31)30-13-6-7-15-32(30)41-33/h2,4-23H,1,3H2. The molecule has 5 aromatic carbocycles. The van der Waals surface area contributed by atoms with E-state index in [0.29, 0.717) is 17.5 Å². The van der Waals surface area contributed by atoms with E-state index < -0.39 is 0 Å². The summed E-state index contributed by atoms with van der Waals surface area (Å²) in [6.07, 6.45) is 8.51. The van der Waals surface area contributed by atoms with E-state index in [2.05, 4.69) is 97.1 Å². The Labute approximate surface area is 237 Å². The summed E-state index contributed by atoms with van der Waals surface area (Å²) < 4.78 is 6.16. The molecule has 0 amide bonds. The first-order chi connectivity index (χ1) is 20.3. The average molecular weight is 528 g/mol. The molecule has 0 fully saturated rings. The lowest BCUT2D eigenvalue weighted by Gasteiger charge is -2.11. The number of fused-ring (bicyclic) bond motifs is 4. The molecule has 0 saturated carbocycles. The van der Waals surface area contributed by atoms with E-state index in [4.69, 9.17) is 19.4 Å². The second-order valence-electron chi connectivity index (χ2n) is 10.4. The maximum atomic E-state index is 6.16. The molecule has 1 aliphatic carbocycles. The predicted octanol–water partition coefficient (Wildman–Crippen LogP) is 9.66. The summed E-state index contributed by atoms with van der Waals surface area (Å²) in [4.78, 5) is 15.0. The quantitative estimate of drug-likeness (QED) is 0.229. The zero-order chi connectivity index (χ0) is 27.2. The van der Waals surface area contributed by atoms with Gasteiger partial charge in [0.1, 0.15) is 11.2 Å². The second kappa shape index (κ2) is 9.68. The summed E-state index contributed by atoms with van der Waals surface area (Å²) in [7, 11) is 0. The Hall–Kier alpha value is -5.35. The number of hydrogen-bond acceptors (Lipinski definition) is 4. The minimum absolute atomic E-state index is 0.639. The van der Waals surface area contributed by atoms with Gasteiger partial charge in [-0.2, -0.15) is 0 Å². The number of allylic oxidation sites excluding steroid dienone is 4. The van der Waals surface area contributed by atoms with Crippen molar-refractivity contribution >= 4 is 38.3 Å². The molecule has 41 heavy (non-hydrogen) atoms. The largest absolute Gasteiger partial charge is 0.456 e. The van der Waals surface area contributed by atoms with Gasteiger partial charge in [-0.1, -0.05) is 109 Å². The molecule has 0 bridgehead atoms. The van der Waals surface area contributed by atoms with Gasteiger partial charge in [-0.15, -0.1) is 0 Å². The van der Waals surface area contributed by atoms with Gasteiger partial charge in [0.15, 0.2) is 17.5 Å². The Bertz CT molecular complexity index is 2150. The van der Waals surface area contributed by atoms with Crippen LogP contribution in [0.4, 0.5) is 0 Å². The Balaban J connectivity index is 1.27. The van der Waals surface area contributed by atoms with Crippen LogP contribution in [0.2, 0.25) is 0 Å². The van der Waals surface area contributed by atoms with E-state index in [9.17, 15) is 0 Å². The lowest BCUT2D eigenvalue weighted by atomic mass is 10.00. The minimum Gasteiger partial charge on any atom is -0.456 e. The SMILES string of the molecule is C1=CC(c2nc(-c3ccc(-c4ccc5ccccc5c4)cc3)nc(-c3cccc4oc5ccccc5c34)n2)=CCC1. The van der Waals surface area contributed by atoms with Gasteiger partial charge in [-0.25, -0.2) is 15.0 Å². The summed E-state index contributed by atoms with van der Waals surface area (Å²) in [5, 5.41) is 4.55. The highest BCUT2D eigenvalue weighted by atomic mass is 16.3. The lowest BCUT2D eigenvalue weighted by molar-refractivity contribution is 0.669. The van der Waals surface area contributed by atoms with Crippen molar-refractivity contribution in [3.63, 3.8) is 0 Å². The molecule has 1 aliphatic rings. The van der Waals surface area contributed by atoms with Crippen LogP contribution in [0.5, 0.6) is 0 Å². The molecular formula is C37H25N3O. The fourth-order valence-electron chi connectivity index (χ4n) is 5.68. The third kappa shape index (κ3) is 4.21. The molecule has 0 saturated heterocycles. The van der Waals surface area contributed by atoms with Crippen molar-refractivity contribution < 1.29 is 4.42 Å². The first kappa shape index (κ1) is 23.5. The summed E-state index contributed by atoms with van der Waals surface area (Å²) in [6, 6.07) is 37.7. The summed E-state index contributed by atoms with van der Waals surface area (Å²) in [5.74, 6) is 1.98. The molecule has 2 heterocycles. The van der Waals surface area contributed by atoms with Gasteiger partial charge in [0, 0.05) is 27.5 Å². The van der Waals surface area contributed by atoms with Crippen LogP contribution in [0.1, 0.15) is 18.7 Å². The minimum atomic E-state index is 0.639. The summed E-state index contributed by atoms with van der Waals surface area (Å²) >= 11 is 0. The van der Waals surface area contributed by atoms with E-state index in [0.717, 1.165) is 57.0 Å². The number of benzene rings is 5. The molecule has 4 nitrogen and oxygen atoms in total. The molecular weight excluding hydrogens is 502 g/mol. The monoisotopic (exact) mass is 527 g/mol. The average Bonchev–Trinajstić information content (AvgIpc) is 3.44. The van der Waals surface area contributed by atoms with Gasteiger partial charge in [0.05, 0.1) is 0 Å². The van der Waals surface area contributed by atoms with E-state index in [1.54, 1.807) is 0 Å². The first-order valence-electron chi connectivity index (χ1n) is 13.9. The summed E-state index contributed by atoms with van der Waals surface area (Å²) in [6.45, 7) is 0. The molecule has 8 rings (SSSR count). The van der Waals surface area contributed by atoms with Crippen molar-refractivity contribution in [3.8, 4) is 33.9 Å². The number of aromatic nitrogens is 3. The number of rotatable bonds is 4. The normalized spacial score (nSPS) is 13.2. The van der Waals surface area contributed by atoms with Crippen LogP contribution < -0.4 is 0 Å². The number of furan rings is 1. The smallest absolute Gasteiger partial charge is 0.164 e. The third-order valence-electron chi connectivity index (χ3n) is 7.76. The van der Waals surface area contributed by atoms with Gasteiger partial charge in [-0.05, 0) is 52.9 Å². The van der Waals surface area contributed by atoms with Gasteiger partial charge in [-0.3, -0.25) is 0 Å². The highest BCUT2D eigenvalue weighted by Crippen LogP contribution is 2.36. The molecule has 2 aromatic heterocycles. The van der Waals surface area contributed by atoms with Crippen LogP contribution in [0.3, 0.4) is 0 Å². The van der Waals surface area contributed by atoms with E-state index in [-0.39, 0.29) is 0 Å².